The molecule has 2 atom stereocenters. The number of nitrogens with zero attached hydrogens (tertiary/aromatic N) is 1. The molecule has 1 amide bonds. The van der Waals surface area contributed by atoms with Gasteiger partial charge in [0, 0.05) is 12.0 Å². The average Bonchev–Trinajstić information content (AvgIpc) is 3.07. The van der Waals surface area contributed by atoms with Crippen LogP contribution in [-0.2, 0) is 27.3 Å². The van der Waals surface area contributed by atoms with Crippen LogP contribution in [0.1, 0.15) is 17.7 Å². The van der Waals surface area contributed by atoms with Gasteiger partial charge in [-0.05, 0) is 24.1 Å². The summed E-state index contributed by atoms with van der Waals surface area (Å²) in [6, 6.07) is 6.65. The molecule has 128 valence electrons. The highest BCUT2D eigenvalue weighted by Gasteiger charge is 2.28. The number of hydrogen-bond donors (Lipinski definition) is 2. The maximum Gasteiger partial charge on any atom is 0.224 e. The van der Waals surface area contributed by atoms with E-state index >= 15 is 0 Å². The van der Waals surface area contributed by atoms with E-state index in [-0.39, 0.29) is 30.2 Å². The van der Waals surface area contributed by atoms with Gasteiger partial charge in [0.2, 0.25) is 5.91 Å². The van der Waals surface area contributed by atoms with Crippen molar-refractivity contribution in [1.82, 2.24) is 10.3 Å². The van der Waals surface area contributed by atoms with Crippen LogP contribution in [0.2, 0.25) is 0 Å². The van der Waals surface area contributed by atoms with E-state index in [1.165, 1.54) is 11.3 Å². The zero-order valence-corrected chi connectivity index (χ0v) is 14.0. The van der Waals surface area contributed by atoms with Gasteiger partial charge < -0.3 is 19.9 Å². The molecule has 6 nitrogen and oxygen atoms in total. The molecule has 7 heteroatoms. The van der Waals surface area contributed by atoms with Crippen LogP contribution in [0, 0.1) is 0 Å². The van der Waals surface area contributed by atoms with Crippen LogP contribution in [0.4, 0.5) is 0 Å². The number of carbonyl (C=O) groups excluding carboxylic acids is 1. The Kier molecular flexibility index (Phi) is 5.79. The lowest BCUT2D eigenvalue weighted by Gasteiger charge is -2.32. The molecule has 0 radical (unpaired) electrons. The van der Waals surface area contributed by atoms with Gasteiger partial charge in [-0.1, -0.05) is 12.1 Å². The molecule has 1 aromatic heterocycles. The first kappa shape index (κ1) is 16.9. The molecule has 1 fully saturated rings. The third-order valence-corrected chi connectivity index (χ3v) is 4.49. The molecule has 2 heterocycles. The molecule has 1 aliphatic heterocycles. The van der Waals surface area contributed by atoms with Gasteiger partial charge in [0.05, 0.1) is 36.9 Å². The molecule has 1 aromatic carbocycles. The molecule has 1 aliphatic rings. The lowest BCUT2D eigenvalue weighted by atomic mass is 10.0. The minimum absolute atomic E-state index is 0.0813. The van der Waals surface area contributed by atoms with Crippen molar-refractivity contribution in [3.63, 3.8) is 0 Å². The van der Waals surface area contributed by atoms with Crippen molar-refractivity contribution >= 4 is 17.2 Å². The topological polar surface area (TPSA) is 80.7 Å². The summed E-state index contributed by atoms with van der Waals surface area (Å²) in [5.74, 6) is 0.0746. The van der Waals surface area contributed by atoms with Crippen molar-refractivity contribution in [2.75, 3.05) is 13.2 Å². The highest BCUT2D eigenvalue weighted by Crippen LogP contribution is 2.15. The lowest BCUT2D eigenvalue weighted by Crippen LogP contribution is -2.50. The first-order valence-electron chi connectivity index (χ1n) is 7.84. The Morgan fingerprint density at radius 1 is 1.50 bits per heavy atom. The minimum atomic E-state index is -0.187. The summed E-state index contributed by atoms with van der Waals surface area (Å²) in [5, 5.41) is 14.4. The van der Waals surface area contributed by atoms with Crippen LogP contribution in [0.5, 0.6) is 5.75 Å². The normalized spacial score (nSPS) is 20.7. The molecule has 1 saturated heterocycles. The Morgan fingerprint density at radius 2 is 2.42 bits per heavy atom. The Bertz CT molecular complexity index is 662. The maximum atomic E-state index is 12.3. The molecular formula is C17H20N2O4S. The van der Waals surface area contributed by atoms with Gasteiger partial charge in [0.25, 0.3) is 0 Å². The van der Waals surface area contributed by atoms with E-state index in [2.05, 4.69) is 10.3 Å². The zero-order valence-electron chi connectivity index (χ0n) is 13.2. The number of carbonyl (C=O) groups is 1. The molecule has 24 heavy (non-hydrogen) atoms. The van der Waals surface area contributed by atoms with Gasteiger partial charge in [0.1, 0.15) is 11.9 Å². The Labute approximate surface area is 144 Å². The predicted octanol–water partition coefficient (Wildman–Crippen LogP) is 1.88. The first-order chi connectivity index (χ1) is 11.7. The number of thiazole rings is 1. The van der Waals surface area contributed by atoms with E-state index < -0.39 is 0 Å². The number of rotatable bonds is 6. The van der Waals surface area contributed by atoms with Crippen molar-refractivity contribution in [2.24, 2.45) is 0 Å². The zero-order chi connectivity index (χ0) is 16.8. The third kappa shape index (κ3) is 4.77. The summed E-state index contributed by atoms with van der Waals surface area (Å²) in [6.07, 6.45) is 0.756. The number of aromatic hydroxyl groups is 1. The van der Waals surface area contributed by atoms with Crippen LogP contribution in [-0.4, -0.2) is 41.4 Å². The molecule has 3 rings (SSSR count). The van der Waals surface area contributed by atoms with Gasteiger partial charge in [-0.15, -0.1) is 11.3 Å². The smallest absolute Gasteiger partial charge is 0.224 e. The van der Waals surface area contributed by atoms with Crippen LogP contribution in [0.15, 0.2) is 35.2 Å². The van der Waals surface area contributed by atoms with Crippen LogP contribution >= 0.6 is 11.3 Å². The molecule has 0 spiro atoms. The molecule has 0 bridgehead atoms. The van der Waals surface area contributed by atoms with E-state index in [1.54, 1.807) is 23.7 Å². The standard InChI is InChI=1S/C17H20N2O4S/c20-14-3-1-2-12(6-14)7-17(21)19-15-4-5-22-9-16(15)23-8-13-10-24-11-18-13/h1-3,6,10-11,15-16,20H,4-5,7-9H2,(H,19,21)/t15-,16-/m1/s1. The highest BCUT2D eigenvalue weighted by atomic mass is 32.1. The molecular weight excluding hydrogens is 328 g/mol. The SMILES string of the molecule is O=C(Cc1cccc(O)c1)N[C@@H]1CCOC[C@H]1OCc1cscn1. The summed E-state index contributed by atoms with van der Waals surface area (Å²) in [7, 11) is 0. The van der Waals surface area contributed by atoms with E-state index in [0.29, 0.717) is 26.2 Å². The average molecular weight is 348 g/mol. The second-order valence-electron chi connectivity index (χ2n) is 5.71. The number of ether oxygens (including phenoxy) is 2. The van der Waals surface area contributed by atoms with Crippen molar-refractivity contribution in [1.29, 1.82) is 0 Å². The number of phenols is 1. The summed E-state index contributed by atoms with van der Waals surface area (Å²) < 4.78 is 11.3. The van der Waals surface area contributed by atoms with Crippen molar-refractivity contribution in [2.45, 2.75) is 31.6 Å². The van der Waals surface area contributed by atoms with E-state index in [1.807, 2.05) is 11.4 Å². The number of aromatic nitrogens is 1. The van der Waals surface area contributed by atoms with Gasteiger partial charge in [0.15, 0.2) is 0 Å². The number of benzene rings is 1. The van der Waals surface area contributed by atoms with Crippen molar-refractivity contribution in [3.05, 3.63) is 46.4 Å². The number of phenolic OH excluding ortho intramolecular Hbond substituents is 1. The first-order valence-corrected chi connectivity index (χ1v) is 8.78. The third-order valence-electron chi connectivity index (χ3n) is 3.85. The Balaban J connectivity index is 1.53. The lowest BCUT2D eigenvalue weighted by molar-refractivity contribution is -0.126. The maximum absolute atomic E-state index is 12.3. The van der Waals surface area contributed by atoms with Crippen LogP contribution in [0.25, 0.3) is 0 Å². The Hall–Kier alpha value is -1.96. The summed E-state index contributed by atoms with van der Waals surface area (Å²) in [5.41, 5.74) is 3.43. The molecule has 2 N–H and O–H groups in total. The summed E-state index contributed by atoms with van der Waals surface area (Å²) in [6.45, 7) is 1.48. The summed E-state index contributed by atoms with van der Waals surface area (Å²) >= 11 is 1.53. The second-order valence-corrected chi connectivity index (χ2v) is 6.43. The summed E-state index contributed by atoms with van der Waals surface area (Å²) in [4.78, 5) is 16.5. The van der Waals surface area contributed by atoms with E-state index in [9.17, 15) is 9.90 Å². The number of hydrogen-bond acceptors (Lipinski definition) is 6. The molecule has 0 unspecified atom stereocenters. The second kappa shape index (κ2) is 8.23. The molecule has 0 saturated carbocycles. The minimum Gasteiger partial charge on any atom is -0.508 e. The van der Waals surface area contributed by atoms with E-state index in [0.717, 1.165) is 11.3 Å². The monoisotopic (exact) mass is 348 g/mol. The number of amides is 1. The fourth-order valence-electron chi connectivity index (χ4n) is 2.65. The molecule has 0 aliphatic carbocycles. The van der Waals surface area contributed by atoms with Crippen molar-refractivity contribution < 1.29 is 19.4 Å². The predicted molar refractivity (Wildman–Crippen MR) is 89.9 cm³/mol. The van der Waals surface area contributed by atoms with Gasteiger partial charge in [-0.3, -0.25) is 4.79 Å². The van der Waals surface area contributed by atoms with Gasteiger partial charge >= 0.3 is 0 Å². The molecule has 2 aromatic rings. The van der Waals surface area contributed by atoms with Crippen LogP contribution < -0.4 is 5.32 Å². The highest BCUT2D eigenvalue weighted by molar-refractivity contribution is 7.07. The quantitative estimate of drug-likeness (QED) is 0.833. The fourth-order valence-corrected chi connectivity index (χ4v) is 3.20. The van der Waals surface area contributed by atoms with Gasteiger partial charge in [-0.25, -0.2) is 4.98 Å². The van der Waals surface area contributed by atoms with Crippen molar-refractivity contribution in [3.8, 4) is 5.75 Å². The van der Waals surface area contributed by atoms with E-state index in [4.69, 9.17) is 9.47 Å². The largest absolute Gasteiger partial charge is 0.508 e. The Morgan fingerprint density at radius 3 is 3.21 bits per heavy atom. The van der Waals surface area contributed by atoms with Gasteiger partial charge in [-0.2, -0.15) is 0 Å². The number of nitrogens with one attached hydrogen (secondary N) is 1. The fraction of sp³-hybridized carbons (Fsp3) is 0.412. The van der Waals surface area contributed by atoms with Crippen LogP contribution in [0.3, 0.4) is 0 Å².